The SMILES string of the molecule is Cc1nnc(/C=C/c2ccc(C(=O)O)c(-c3c4cc(F)c(=O)cc-4oc4cc(O)c(F)cc34)c2)nn1. The molecule has 0 unspecified atom stereocenters. The molecule has 2 N–H and O–H groups in total. The smallest absolute Gasteiger partial charge is 0.336 e. The first-order valence-electron chi connectivity index (χ1n) is 10.4. The molecule has 178 valence electrons. The number of benzene rings is 3. The van der Waals surface area contributed by atoms with Crippen LogP contribution in [0.25, 0.3) is 45.6 Å². The van der Waals surface area contributed by atoms with Gasteiger partial charge in [-0.2, -0.15) is 0 Å². The van der Waals surface area contributed by atoms with Gasteiger partial charge in [0.25, 0.3) is 0 Å². The highest BCUT2D eigenvalue weighted by atomic mass is 19.1. The van der Waals surface area contributed by atoms with Crippen molar-refractivity contribution >= 4 is 29.1 Å². The molecular weight excluding hydrogens is 474 g/mol. The van der Waals surface area contributed by atoms with Gasteiger partial charge in [0.15, 0.2) is 29.0 Å². The predicted molar refractivity (Wildman–Crippen MR) is 124 cm³/mol. The number of aryl methyl sites for hydroxylation is 1. The highest BCUT2D eigenvalue weighted by Crippen LogP contribution is 2.43. The maximum absolute atomic E-state index is 14.4. The molecule has 0 atom stereocenters. The van der Waals surface area contributed by atoms with Gasteiger partial charge in [0.05, 0.1) is 5.56 Å². The summed E-state index contributed by atoms with van der Waals surface area (Å²) in [5.41, 5.74) is -0.407. The van der Waals surface area contributed by atoms with Gasteiger partial charge in [-0.1, -0.05) is 12.1 Å². The molecule has 36 heavy (non-hydrogen) atoms. The Morgan fingerprint density at radius 2 is 1.69 bits per heavy atom. The summed E-state index contributed by atoms with van der Waals surface area (Å²) in [5.74, 6) is -3.57. The molecule has 5 rings (SSSR count). The Hall–Kier alpha value is -5.06. The van der Waals surface area contributed by atoms with Crippen molar-refractivity contribution in [1.82, 2.24) is 20.4 Å². The normalized spacial score (nSPS) is 11.5. The Kier molecular flexibility index (Phi) is 5.44. The Morgan fingerprint density at radius 3 is 2.42 bits per heavy atom. The fourth-order valence-electron chi connectivity index (χ4n) is 3.77. The summed E-state index contributed by atoms with van der Waals surface area (Å²) in [5, 5.41) is 35.2. The Morgan fingerprint density at radius 1 is 0.944 bits per heavy atom. The molecule has 0 saturated carbocycles. The van der Waals surface area contributed by atoms with Gasteiger partial charge in [-0.3, -0.25) is 4.79 Å². The van der Waals surface area contributed by atoms with E-state index in [4.69, 9.17) is 4.42 Å². The minimum absolute atomic E-state index is 0.0371. The zero-order valence-corrected chi connectivity index (χ0v) is 18.4. The average Bonchev–Trinajstić information content (AvgIpc) is 2.84. The first-order chi connectivity index (χ1) is 17.2. The summed E-state index contributed by atoms with van der Waals surface area (Å²) in [6.07, 6.45) is 3.10. The van der Waals surface area contributed by atoms with Crippen molar-refractivity contribution in [2.45, 2.75) is 6.92 Å². The van der Waals surface area contributed by atoms with E-state index in [1.165, 1.54) is 24.3 Å². The lowest BCUT2D eigenvalue weighted by atomic mass is 9.89. The molecule has 2 aromatic carbocycles. The molecule has 11 heteroatoms. The van der Waals surface area contributed by atoms with Gasteiger partial charge in [0.1, 0.15) is 11.3 Å². The number of carboxylic acids is 1. The van der Waals surface area contributed by atoms with Crippen LogP contribution >= 0.6 is 0 Å². The van der Waals surface area contributed by atoms with E-state index in [1.54, 1.807) is 13.0 Å². The maximum Gasteiger partial charge on any atom is 0.336 e. The fraction of sp³-hybridized carbons (Fsp3) is 0.0400. The van der Waals surface area contributed by atoms with E-state index in [0.717, 1.165) is 24.3 Å². The van der Waals surface area contributed by atoms with Crippen molar-refractivity contribution in [3.63, 3.8) is 0 Å². The number of phenolic OH excluding ortho intramolecular Hbond substituents is 1. The van der Waals surface area contributed by atoms with E-state index >= 15 is 0 Å². The van der Waals surface area contributed by atoms with Crippen LogP contribution in [0.5, 0.6) is 5.75 Å². The lowest BCUT2D eigenvalue weighted by molar-refractivity contribution is 0.0697. The van der Waals surface area contributed by atoms with E-state index in [0.29, 0.717) is 11.4 Å². The molecule has 1 aliphatic heterocycles. The largest absolute Gasteiger partial charge is 0.505 e. The number of aromatic hydroxyl groups is 1. The molecule has 0 spiro atoms. The number of carbonyl (C=O) groups is 1. The monoisotopic (exact) mass is 488 g/mol. The van der Waals surface area contributed by atoms with Crippen LogP contribution in [0.2, 0.25) is 0 Å². The maximum atomic E-state index is 14.4. The third-order valence-electron chi connectivity index (χ3n) is 5.40. The fourth-order valence-corrected chi connectivity index (χ4v) is 3.77. The van der Waals surface area contributed by atoms with E-state index in [2.05, 4.69) is 20.4 Å². The zero-order valence-electron chi connectivity index (χ0n) is 18.4. The second-order valence-corrected chi connectivity index (χ2v) is 7.80. The van der Waals surface area contributed by atoms with Crippen LogP contribution in [0.3, 0.4) is 0 Å². The molecule has 0 radical (unpaired) electrons. The highest BCUT2D eigenvalue weighted by Gasteiger charge is 2.24. The summed E-state index contributed by atoms with van der Waals surface area (Å²) in [6.45, 7) is 1.63. The van der Waals surface area contributed by atoms with Gasteiger partial charge in [-0.25, -0.2) is 13.6 Å². The van der Waals surface area contributed by atoms with E-state index in [-0.39, 0.29) is 44.8 Å². The van der Waals surface area contributed by atoms with Gasteiger partial charge in [-0.05, 0) is 48.4 Å². The molecule has 0 fully saturated rings. The molecule has 1 aliphatic carbocycles. The van der Waals surface area contributed by atoms with Gasteiger partial charge >= 0.3 is 5.97 Å². The lowest BCUT2D eigenvalue weighted by Gasteiger charge is -2.17. The van der Waals surface area contributed by atoms with Crippen LogP contribution in [0.4, 0.5) is 8.78 Å². The molecule has 0 bridgehead atoms. The molecule has 1 aromatic heterocycles. The van der Waals surface area contributed by atoms with Gasteiger partial charge in [0, 0.05) is 28.6 Å². The number of hydrogen-bond donors (Lipinski definition) is 2. The summed E-state index contributed by atoms with van der Waals surface area (Å²) in [7, 11) is 0. The molecule has 2 aliphatic rings. The van der Waals surface area contributed by atoms with Gasteiger partial charge in [-0.15, -0.1) is 20.4 Å². The lowest BCUT2D eigenvalue weighted by Crippen LogP contribution is -2.08. The van der Waals surface area contributed by atoms with E-state index in [9.17, 15) is 28.6 Å². The topological polar surface area (TPSA) is 139 Å². The number of aromatic nitrogens is 4. The second-order valence-electron chi connectivity index (χ2n) is 7.80. The molecule has 0 amide bonds. The average molecular weight is 488 g/mol. The van der Waals surface area contributed by atoms with E-state index < -0.39 is 28.8 Å². The van der Waals surface area contributed by atoms with Crippen LogP contribution in [0.15, 0.2) is 51.7 Å². The zero-order chi connectivity index (χ0) is 25.6. The van der Waals surface area contributed by atoms with Crippen molar-refractivity contribution in [1.29, 1.82) is 0 Å². The number of carboxylic acid groups (broad SMARTS) is 1. The summed E-state index contributed by atoms with van der Waals surface area (Å²) in [4.78, 5) is 24.1. The summed E-state index contributed by atoms with van der Waals surface area (Å²) in [6, 6.07) is 8.13. The Labute approximate surface area is 200 Å². The summed E-state index contributed by atoms with van der Waals surface area (Å²) >= 11 is 0. The van der Waals surface area contributed by atoms with Crippen molar-refractivity contribution < 1.29 is 28.2 Å². The number of fused-ring (bicyclic) bond motifs is 2. The quantitative estimate of drug-likeness (QED) is 0.354. The third-order valence-corrected chi connectivity index (χ3v) is 5.40. The molecule has 0 saturated heterocycles. The van der Waals surface area contributed by atoms with Crippen LogP contribution in [-0.4, -0.2) is 36.6 Å². The van der Waals surface area contributed by atoms with Gasteiger partial charge < -0.3 is 14.6 Å². The summed E-state index contributed by atoms with van der Waals surface area (Å²) < 4.78 is 34.4. The third kappa shape index (κ3) is 4.02. The molecule has 2 heterocycles. The Bertz CT molecular complexity index is 1730. The number of phenols is 1. The second kappa shape index (κ2) is 8.62. The van der Waals surface area contributed by atoms with Crippen LogP contribution in [0.1, 0.15) is 27.6 Å². The number of nitrogens with zero attached hydrogens (tertiary/aromatic N) is 4. The number of aromatic carboxylic acids is 1. The number of rotatable bonds is 4. The van der Waals surface area contributed by atoms with Crippen molar-refractivity contribution in [3.05, 3.63) is 87.1 Å². The van der Waals surface area contributed by atoms with Crippen LogP contribution in [-0.2, 0) is 0 Å². The van der Waals surface area contributed by atoms with Crippen molar-refractivity contribution in [3.8, 4) is 28.2 Å². The predicted octanol–water partition coefficient (Wildman–Crippen LogP) is 4.31. The van der Waals surface area contributed by atoms with Crippen LogP contribution in [0, 0.1) is 18.6 Å². The minimum Gasteiger partial charge on any atom is -0.505 e. The Balaban J connectivity index is 1.82. The highest BCUT2D eigenvalue weighted by molar-refractivity contribution is 6.08. The molecule has 9 nitrogen and oxygen atoms in total. The van der Waals surface area contributed by atoms with Crippen LogP contribution < -0.4 is 5.43 Å². The first kappa shape index (κ1) is 22.7. The molecular formula is C25H14F2N4O5. The van der Waals surface area contributed by atoms with Crippen molar-refractivity contribution in [2.24, 2.45) is 0 Å². The van der Waals surface area contributed by atoms with Gasteiger partial charge in [0.2, 0.25) is 5.43 Å². The standard InChI is InChI=1S/C25H14F2N4O5/c1-11-28-30-23(31-29-11)5-3-12-2-4-13(25(34)35)14(6-12)24-15-7-17(26)19(32)9-21(15)36-22-10-20(33)18(27)8-16(22)24/h2-10,32H,1H3,(H,34,35)/b5-3+. The minimum atomic E-state index is -1.29. The number of halogens is 2. The van der Waals surface area contributed by atoms with Crippen molar-refractivity contribution in [2.75, 3.05) is 0 Å². The molecule has 3 aromatic rings. The van der Waals surface area contributed by atoms with E-state index in [1.807, 2.05) is 0 Å². The first-order valence-corrected chi connectivity index (χ1v) is 10.4. The number of hydrogen-bond acceptors (Lipinski definition) is 8.